The Balaban J connectivity index is 3.14. The molecule has 0 rings (SSSR count). The summed E-state index contributed by atoms with van der Waals surface area (Å²) in [6.07, 6.45) is 70.2. The van der Waals surface area contributed by atoms with Crippen molar-refractivity contribution in [1.82, 2.24) is 0 Å². The van der Waals surface area contributed by atoms with E-state index in [1.165, 1.54) is 295 Å². The van der Waals surface area contributed by atoms with E-state index in [-0.39, 0.29) is 0 Å². The lowest BCUT2D eigenvalue weighted by Gasteiger charge is -2.05. The Morgan fingerprint density at radius 2 is 0.296 bits per heavy atom. The standard InChI is InChI=1S/C53H106O/c1-3-5-7-9-11-13-15-17-19-21-23-25-26-27-28-29-30-31-32-34-36-38-40-42-44-46-48-50-52-53(54)51-49-47-45-43-41-39-37-35-33-24-22-20-18-16-14-12-10-8-6-4-2/h3-52H2,1-2H3. The molecule has 0 saturated carbocycles. The number of Topliss-reactive ketones (excluding diaryl/α,β-unsaturated/α-hetero) is 1. The molecule has 0 heterocycles. The SMILES string of the molecule is CCCCCCCCCCCCCCCCCCCCCCCCCCCCCCC(=O)CCCCCCCCCCCCCCCCCCCCCC. The van der Waals surface area contributed by atoms with Gasteiger partial charge >= 0.3 is 0 Å². The molecule has 54 heavy (non-hydrogen) atoms. The summed E-state index contributed by atoms with van der Waals surface area (Å²) < 4.78 is 0. The fraction of sp³-hybridized carbons (Fsp3) is 0.981. The van der Waals surface area contributed by atoms with Crippen molar-refractivity contribution in [3.05, 3.63) is 0 Å². The molecule has 0 aromatic carbocycles. The van der Waals surface area contributed by atoms with Crippen LogP contribution in [0.5, 0.6) is 0 Å². The molecule has 1 nitrogen and oxygen atoms in total. The first-order valence-electron chi connectivity index (χ1n) is 26.3. The molecule has 0 atom stereocenters. The second kappa shape index (κ2) is 50.7. The molecule has 0 aromatic heterocycles. The monoisotopic (exact) mass is 759 g/mol. The van der Waals surface area contributed by atoms with Crippen molar-refractivity contribution in [2.75, 3.05) is 0 Å². The lowest BCUT2D eigenvalue weighted by molar-refractivity contribution is -0.119. The molecule has 0 bridgehead atoms. The van der Waals surface area contributed by atoms with Crippen LogP contribution in [0.1, 0.15) is 335 Å². The number of ketones is 1. The number of carbonyl (C=O) groups excluding carboxylic acids is 1. The van der Waals surface area contributed by atoms with Crippen molar-refractivity contribution in [2.45, 2.75) is 335 Å². The van der Waals surface area contributed by atoms with Gasteiger partial charge in [-0.05, 0) is 12.8 Å². The van der Waals surface area contributed by atoms with Gasteiger partial charge in [0.15, 0.2) is 0 Å². The Bertz CT molecular complexity index is 654. The van der Waals surface area contributed by atoms with E-state index in [1.54, 1.807) is 0 Å². The largest absolute Gasteiger partial charge is 0.300 e. The quantitative estimate of drug-likeness (QED) is 0.0565. The van der Waals surface area contributed by atoms with Crippen molar-refractivity contribution in [3.8, 4) is 0 Å². The molecule has 324 valence electrons. The van der Waals surface area contributed by atoms with Crippen LogP contribution in [0.2, 0.25) is 0 Å². The highest BCUT2D eigenvalue weighted by Gasteiger charge is 2.03. The lowest BCUT2D eigenvalue weighted by atomic mass is 10.0. The molecule has 0 aromatic rings. The maximum absolute atomic E-state index is 12.3. The van der Waals surface area contributed by atoms with Crippen LogP contribution in [0.15, 0.2) is 0 Å². The summed E-state index contributed by atoms with van der Waals surface area (Å²) >= 11 is 0. The van der Waals surface area contributed by atoms with Crippen molar-refractivity contribution in [1.29, 1.82) is 0 Å². The fourth-order valence-electron chi connectivity index (χ4n) is 8.69. The summed E-state index contributed by atoms with van der Waals surface area (Å²) in [5, 5.41) is 0. The smallest absolute Gasteiger partial charge is 0.132 e. The van der Waals surface area contributed by atoms with Gasteiger partial charge in [0.25, 0.3) is 0 Å². The molecule has 0 aliphatic rings. The predicted molar refractivity (Wildman–Crippen MR) is 247 cm³/mol. The maximum Gasteiger partial charge on any atom is 0.132 e. The van der Waals surface area contributed by atoms with Crippen molar-refractivity contribution >= 4 is 5.78 Å². The summed E-state index contributed by atoms with van der Waals surface area (Å²) in [5.74, 6) is 0.534. The van der Waals surface area contributed by atoms with Crippen LogP contribution in [0.3, 0.4) is 0 Å². The number of rotatable bonds is 50. The minimum atomic E-state index is 0.534. The highest BCUT2D eigenvalue weighted by atomic mass is 16.1. The van der Waals surface area contributed by atoms with Crippen LogP contribution in [-0.4, -0.2) is 5.78 Å². The minimum absolute atomic E-state index is 0.534. The van der Waals surface area contributed by atoms with Gasteiger partial charge < -0.3 is 0 Å². The predicted octanol–water partition coefficient (Wildman–Crippen LogP) is 20.1. The van der Waals surface area contributed by atoms with E-state index in [0.29, 0.717) is 5.78 Å². The Morgan fingerprint density at radius 3 is 0.426 bits per heavy atom. The van der Waals surface area contributed by atoms with Gasteiger partial charge in [-0.1, -0.05) is 309 Å². The van der Waals surface area contributed by atoms with Gasteiger partial charge in [-0.3, -0.25) is 4.79 Å². The number of unbranched alkanes of at least 4 members (excludes halogenated alkanes) is 46. The Hall–Kier alpha value is -0.330. The van der Waals surface area contributed by atoms with E-state index >= 15 is 0 Å². The van der Waals surface area contributed by atoms with E-state index in [9.17, 15) is 4.79 Å². The van der Waals surface area contributed by atoms with Gasteiger partial charge in [0, 0.05) is 12.8 Å². The first-order chi connectivity index (χ1) is 26.8. The molecule has 1 heteroatoms. The zero-order chi connectivity index (χ0) is 38.9. The second-order valence-electron chi connectivity index (χ2n) is 18.3. The zero-order valence-electron chi connectivity index (χ0n) is 38.3. The van der Waals surface area contributed by atoms with Crippen molar-refractivity contribution < 1.29 is 4.79 Å². The molecule has 0 unspecified atom stereocenters. The van der Waals surface area contributed by atoms with Gasteiger partial charge in [-0.2, -0.15) is 0 Å². The Morgan fingerprint density at radius 1 is 0.185 bits per heavy atom. The Kier molecular flexibility index (Phi) is 50.4. The number of hydrogen-bond donors (Lipinski definition) is 0. The molecular weight excluding hydrogens is 653 g/mol. The van der Waals surface area contributed by atoms with Gasteiger partial charge in [-0.25, -0.2) is 0 Å². The minimum Gasteiger partial charge on any atom is -0.300 e. The molecule has 0 aliphatic heterocycles. The van der Waals surface area contributed by atoms with Crippen LogP contribution in [-0.2, 0) is 4.79 Å². The summed E-state index contributed by atoms with van der Waals surface area (Å²) in [6.45, 7) is 4.61. The summed E-state index contributed by atoms with van der Waals surface area (Å²) in [5.41, 5.74) is 0. The highest BCUT2D eigenvalue weighted by molar-refractivity contribution is 5.78. The molecule has 0 amide bonds. The van der Waals surface area contributed by atoms with Crippen LogP contribution in [0, 0.1) is 0 Å². The lowest BCUT2D eigenvalue weighted by Crippen LogP contribution is -1.97. The maximum atomic E-state index is 12.3. The number of hydrogen-bond acceptors (Lipinski definition) is 1. The van der Waals surface area contributed by atoms with Gasteiger partial charge in [0.1, 0.15) is 5.78 Å². The zero-order valence-corrected chi connectivity index (χ0v) is 38.3. The van der Waals surface area contributed by atoms with Crippen LogP contribution in [0.25, 0.3) is 0 Å². The average Bonchev–Trinajstić information content (AvgIpc) is 3.18. The molecule has 0 N–H and O–H groups in total. The normalized spacial score (nSPS) is 11.6. The van der Waals surface area contributed by atoms with Crippen molar-refractivity contribution in [3.63, 3.8) is 0 Å². The van der Waals surface area contributed by atoms with E-state index < -0.39 is 0 Å². The third-order valence-corrected chi connectivity index (χ3v) is 12.6. The van der Waals surface area contributed by atoms with E-state index in [2.05, 4.69) is 13.8 Å². The Labute approximate surface area is 344 Å². The number of carbonyl (C=O) groups is 1. The third-order valence-electron chi connectivity index (χ3n) is 12.6. The highest BCUT2D eigenvalue weighted by Crippen LogP contribution is 2.18. The molecule has 0 spiro atoms. The topological polar surface area (TPSA) is 17.1 Å². The van der Waals surface area contributed by atoms with E-state index in [1.807, 2.05) is 0 Å². The molecule has 0 radical (unpaired) electrons. The summed E-state index contributed by atoms with van der Waals surface area (Å²) in [4.78, 5) is 12.3. The van der Waals surface area contributed by atoms with Crippen LogP contribution < -0.4 is 0 Å². The first kappa shape index (κ1) is 53.7. The van der Waals surface area contributed by atoms with E-state index in [0.717, 1.165) is 25.7 Å². The van der Waals surface area contributed by atoms with Gasteiger partial charge in [0.2, 0.25) is 0 Å². The first-order valence-corrected chi connectivity index (χ1v) is 26.3. The molecule has 0 saturated heterocycles. The molecule has 0 aliphatic carbocycles. The average molecular weight is 759 g/mol. The summed E-state index contributed by atoms with van der Waals surface area (Å²) in [6, 6.07) is 0. The van der Waals surface area contributed by atoms with Gasteiger partial charge in [-0.15, -0.1) is 0 Å². The second-order valence-corrected chi connectivity index (χ2v) is 18.3. The van der Waals surface area contributed by atoms with Crippen LogP contribution in [0.4, 0.5) is 0 Å². The molecular formula is C53H106O. The van der Waals surface area contributed by atoms with Crippen molar-refractivity contribution in [2.24, 2.45) is 0 Å². The third kappa shape index (κ3) is 49.7. The summed E-state index contributed by atoms with van der Waals surface area (Å²) in [7, 11) is 0. The van der Waals surface area contributed by atoms with Gasteiger partial charge in [0.05, 0.1) is 0 Å². The molecule has 0 fully saturated rings. The van der Waals surface area contributed by atoms with E-state index in [4.69, 9.17) is 0 Å². The fourth-order valence-corrected chi connectivity index (χ4v) is 8.69. The van der Waals surface area contributed by atoms with Crippen LogP contribution >= 0.6 is 0 Å².